The van der Waals surface area contributed by atoms with Gasteiger partial charge in [-0.2, -0.15) is 0 Å². The van der Waals surface area contributed by atoms with Gasteiger partial charge >= 0.3 is 207 Å². The molecule has 0 aliphatic rings. The molecular weight excluding hydrogens is 825 g/mol. The molecule has 3 heterocycles. The van der Waals surface area contributed by atoms with Gasteiger partial charge in [-0.25, -0.2) is 0 Å². The zero-order valence-corrected chi connectivity index (χ0v) is 32.8. The molecule has 0 saturated heterocycles. The number of aromatic nitrogens is 2. The maximum Gasteiger partial charge on any atom is 0.0160 e. The van der Waals surface area contributed by atoms with Gasteiger partial charge in [-0.05, 0) is 11.8 Å². The van der Waals surface area contributed by atoms with Crippen LogP contribution in [0.1, 0.15) is 32.2 Å². The van der Waals surface area contributed by atoms with Crippen LogP contribution in [-0.4, -0.2) is 23.2 Å². The van der Waals surface area contributed by atoms with Crippen LogP contribution in [0.5, 0.6) is 0 Å². The molecule has 0 unspecified atom stereocenters. The standard InChI is InChI=1S/C32H32GeNO.C11H8N.Ir/c1-21(2)26-19-30(34-20-29(26)33(4,5)6)25-17-27-22(3)31(24-15-11-8-12-16-24)35-32(27)28(18-25)23-13-9-7-10-14-23;1-2-6-10(7-3-1)11-8-4-5-9-12-11;/h7-16,18-21H,1-6H3;1-6,8-9H;/q2*-1;/i21D;;. The molecule has 0 N–H and O–H groups in total. The molecule has 0 spiro atoms. The average molecular weight is 867 g/mol. The molecule has 4 aromatic carbocycles. The van der Waals surface area contributed by atoms with Gasteiger partial charge in [-0.15, -0.1) is 35.9 Å². The fraction of sp³-hybridized carbons (Fsp3) is 0.163. The number of fused-ring (bicyclic) bond motifs is 1. The van der Waals surface area contributed by atoms with Gasteiger partial charge in [0.2, 0.25) is 0 Å². The maximum atomic E-state index is 8.87. The SMILES string of the molecule is [2H]C(C)(C)c1cc(-c2[c-]c3c(C)c(-c4ccccc4)oc3c(-c3ccccc3)c2)nc[c]1[Ge]([CH3])([CH3])[CH3].[Ir].[c-]1ccccc1-c1ccccn1. The minimum Gasteiger partial charge on any atom is -0.305 e. The molecule has 5 heteroatoms. The first-order valence-corrected chi connectivity index (χ1v) is 23.3. The molecule has 0 bridgehead atoms. The Balaban J connectivity index is 0.000000303. The Bertz CT molecular complexity index is 2100. The first-order valence-electron chi connectivity index (χ1n) is 16.5. The largest absolute Gasteiger partial charge is 0.305 e. The fourth-order valence-corrected chi connectivity index (χ4v) is 9.08. The molecule has 0 aliphatic heterocycles. The van der Waals surface area contributed by atoms with E-state index in [2.05, 4.69) is 89.8 Å². The van der Waals surface area contributed by atoms with Crippen LogP contribution in [-0.2, 0) is 20.1 Å². The molecule has 0 amide bonds. The summed E-state index contributed by atoms with van der Waals surface area (Å²) < 4.78 is 16.7. The van der Waals surface area contributed by atoms with Gasteiger partial charge in [-0.1, -0.05) is 18.2 Å². The molecule has 3 aromatic heterocycles. The molecule has 0 atom stereocenters. The van der Waals surface area contributed by atoms with Crippen molar-refractivity contribution in [1.82, 2.24) is 9.97 Å². The molecule has 3 nitrogen and oxygen atoms in total. The van der Waals surface area contributed by atoms with Crippen molar-refractivity contribution in [2.45, 2.75) is 43.9 Å². The Kier molecular flexibility index (Phi) is 10.9. The summed E-state index contributed by atoms with van der Waals surface area (Å²) >= 11 is -2.22. The first-order chi connectivity index (χ1) is 23.0. The van der Waals surface area contributed by atoms with Crippen molar-refractivity contribution in [2.24, 2.45) is 0 Å². The van der Waals surface area contributed by atoms with E-state index in [1.165, 1.54) is 4.40 Å². The van der Waals surface area contributed by atoms with Crippen molar-refractivity contribution in [3.8, 4) is 45.0 Å². The molecule has 0 aliphatic carbocycles. The fourth-order valence-electron chi connectivity index (χ4n) is 5.76. The molecular formula is C43H40GeIrN2O-2. The summed E-state index contributed by atoms with van der Waals surface area (Å²) in [6.45, 7) is 6.04. The zero-order valence-electron chi connectivity index (χ0n) is 29.3. The number of nitrogens with zero attached hydrogens (tertiary/aromatic N) is 2. The predicted molar refractivity (Wildman–Crippen MR) is 199 cm³/mol. The predicted octanol–water partition coefficient (Wildman–Crippen LogP) is 11.2. The van der Waals surface area contributed by atoms with E-state index >= 15 is 0 Å². The van der Waals surface area contributed by atoms with Crippen LogP contribution in [0.2, 0.25) is 17.3 Å². The van der Waals surface area contributed by atoms with Crippen LogP contribution in [0.25, 0.3) is 55.9 Å². The van der Waals surface area contributed by atoms with Crippen molar-refractivity contribution in [1.29, 1.82) is 0 Å². The number of aryl methyl sites for hydroxylation is 1. The summed E-state index contributed by atoms with van der Waals surface area (Å²) in [4.78, 5) is 9.15. The molecule has 1 radical (unpaired) electrons. The smallest absolute Gasteiger partial charge is 0.0160 e. The van der Waals surface area contributed by atoms with Gasteiger partial charge in [0, 0.05) is 26.3 Å². The summed E-state index contributed by atoms with van der Waals surface area (Å²) in [6, 6.07) is 45.3. The third-order valence-electron chi connectivity index (χ3n) is 8.24. The Morgan fingerprint density at radius 3 is 2.02 bits per heavy atom. The van der Waals surface area contributed by atoms with E-state index in [-0.39, 0.29) is 20.1 Å². The van der Waals surface area contributed by atoms with Gasteiger partial charge in [0.15, 0.2) is 0 Å². The Labute approximate surface area is 302 Å². The van der Waals surface area contributed by atoms with Crippen LogP contribution in [0, 0.1) is 19.1 Å². The van der Waals surface area contributed by atoms with E-state index in [1.807, 2.05) is 86.8 Å². The summed E-state index contributed by atoms with van der Waals surface area (Å²) in [5, 5.41) is 0.969. The molecule has 0 saturated carbocycles. The number of pyridine rings is 2. The molecule has 0 fully saturated rings. The van der Waals surface area contributed by atoms with Gasteiger partial charge in [0.05, 0.1) is 0 Å². The van der Waals surface area contributed by atoms with E-state index in [0.717, 1.165) is 67.1 Å². The second-order valence-corrected chi connectivity index (χ2v) is 23.5. The number of furan rings is 1. The van der Waals surface area contributed by atoms with E-state index < -0.39 is 19.2 Å². The van der Waals surface area contributed by atoms with E-state index in [9.17, 15) is 0 Å². The quantitative estimate of drug-likeness (QED) is 0.123. The Morgan fingerprint density at radius 2 is 1.42 bits per heavy atom. The van der Waals surface area contributed by atoms with E-state index in [1.54, 1.807) is 6.20 Å². The molecule has 7 aromatic rings. The Morgan fingerprint density at radius 1 is 0.750 bits per heavy atom. The van der Waals surface area contributed by atoms with Crippen molar-refractivity contribution in [2.75, 3.05) is 0 Å². The van der Waals surface area contributed by atoms with E-state index in [0.29, 0.717) is 0 Å². The van der Waals surface area contributed by atoms with Crippen LogP contribution >= 0.6 is 0 Å². The minimum atomic E-state index is -2.22. The minimum absolute atomic E-state index is 0. The second-order valence-electron chi connectivity index (χ2n) is 12.9. The number of hydrogen-bond donors (Lipinski definition) is 0. The van der Waals surface area contributed by atoms with Crippen molar-refractivity contribution in [3.05, 3.63) is 151 Å². The van der Waals surface area contributed by atoms with Crippen molar-refractivity contribution in [3.63, 3.8) is 0 Å². The third kappa shape index (κ3) is 7.79. The first kappa shape index (κ1) is 33.8. The topological polar surface area (TPSA) is 38.9 Å². The molecule has 48 heavy (non-hydrogen) atoms. The van der Waals surface area contributed by atoms with Crippen LogP contribution < -0.4 is 4.40 Å². The third-order valence-corrected chi connectivity index (χ3v) is 12.5. The Hall–Kier alpha value is -4.09. The number of benzene rings is 4. The van der Waals surface area contributed by atoms with Crippen molar-refractivity contribution < 1.29 is 25.9 Å². The number of hydrogen-bond acceptors (Lipinski definition) is 3. The summed E-state index contributed by atoms with van der Waals surface area (Å²) in [5.41, 5.74) is 9.92. The van der Waals surface area contributed by atoms with Gasteiger partial charge in [0.1, 0.15) is 0 Å². The summed E-state index contributed by atoms with van der Waals surface area (Å²) in [7, 11) is 0. The monoisotopic (exact) mass is 868 g/mol. The summed E-state index contributed by atoms with van der Waals surface area (Å²) in [5.74, 6) is 7.24. The van der Waals surface area contributed by atoms with Crippen LogP contribution in [0.15, 0.2) is 132 Å². The summed E-state index contributed by atoms with van der Waals surface area (Å²) in [6.07, 6.45) is 3.81. The normalized spacial score (nSPS) is 11.7. The second kappa shape index (κ2) is 15.4. The van der Waals surface area contributed by atoms with Gasteiger partial charge in [-0.3, -0.25) is 0 Å². The van der Waals surface area contributed by atoms with Gasteiger partial charge in [0.25, 0.3) is 0 Å². The van der Waals surface area contributed by atoms with Crippen LogP contribution in [0.3, 0.4) is 0 Å². The number of rotatable bonds is 6. The zero-order chi connectivity index (χ0) is 33.9. The molecule has 7 rings (SSSR count). The van der Waals surface area contributed by atoms with Crippen molar-refractivity contribution >= 4 is 28.6 Å². The van der Waals surface area contributed by atoms with E-state index in [4.69, 9.17) is 10.8 Å². The average Bonchev–Trinajstić information content (AvgIpc) is 3.44. The maximum absolute atomic E-state index is 8.87. The molecule has 243 valence electrons. The van der Waals surface area contributed by atoms with Crippen LogP contribution in [0.4, 0.5) is 0 Å². The van der Waals surface area contributed by atoms with Gasteiger partial charge < -0.3 is 4.98 Å².